The normalized spacial score (nSPS) is 16.5. The Morgan fingerprint density at radius 2 is 2.05 bits per heavy atom. The van der Waals surface area contributed by atoms with Crippen LogP contribution in [-0.2, 0) is 4.79 Å². The van der Waals surface area contributed by atoms with Gasteiger partial charge in [-0.25, -0.2) is 4.99 Å². The van der Waals surface area contributed by atoms with E-state index in [1.807, 2.05) is 36.6 Å². The number of oxazole rings is 1. The van der Waals surface area contributed by atoms with E-state index in [0.29, 0.717) is 49.1 Å². The van der Waals surface area contributed by atoms with E-state index in [-0.39, 0.29) is 11.9 Å². The van der Waals surface area contributed by atoms with Crippen LogP contribution in [0.2, 0.25) is 10.0 Å². The first-order chi connectivity index (χ1) is 17.8. The van der Waals surface area contributed by atoms with Gasteiger partial charge >= 0.3 is 6.01 Å². The number of carbonyl (C=O) groups is 1. The van der Waals surface area contributed by atoms with E-state index in [4.69, 9.17) is 32.6 Å². The van der Waals surface area contributed by atoms with Gasteiger partial charge in [-0.2, -0.15) is 4.98 Å². The Morgan fingerprint density at radius 3 is 2.78 bits per heavy atom. The zero-order chi connectivity index (χ0) is 26.5. The van der Waals surface area contributed by atoms with Crippen LogP contribution in [0.1, 0.15) is 38.8 Å². The number of anilines is 1. The summed E-state index contributed by atoms with van der Waals surface area (Å²) in [7, 11) is 1.63. The standard InChI is InChI=1S/C26H26Cl2N6O2S/c1-5-14(2)13-37-26(29-4)33-23(35)21-15(3)30-24(32-22(21)17-12-16(27)10-11-18(17)28)34-25-31-19-8-6-7-9-20(19)36-25/h6-13,22H,5H2,1-4H3,(H,29,33,35)(H2,30,31,32,34). The molecule has 0 saturated carbocycles. The minimum absolute atomic E-state index is 0.263. The van der Waals surface area contributed by atoms with E-state index < -0.39 is 6.04 Å². The Hall–Kier alpha value is -3.27. The molecule has 0 radical (unpaired) electrons. The fourth-order valence-corrected chi connectivity index (χ4v) is 4.69. The predicted octanol–water partition coefficient (Wildman–Crippen LogP) is 6.67. The van der Waals surface area contributed by atoms with Crippen molar-refractivity contribution in [2.75, 3.05) is 12.4 Å². The zero-order valence-corrected chi connectivity index (χ0v) is 23.1. The van der Waals surface area contributed by atoms with E-state index in [2.05, 4.69) is 32.9 Å². The van der Waals surface area contributed by atoms with Crippen molar-refractivity contribution >= 4 is 69.1 Å². The maximum atomic E-state index is 13.5. The number of amides is 1. The molecule has 0 fully saturated rings. The van der Waals surface area contributed by atoms with Gasteiger partial charge in [0.25, 0.3) is 5.91 Å². The maximum Gasteiger partial charge on any atom is 0.302 e. The number of hydrogen-bond acceptors (Lipinski definition) is 8. The van der Waals surface area contributed by atoms with Gasteiger partial charge in [-0.15, -0.1) is 0 Å². The number of aromatic nitrogens is 1. The van der Waals surface area contributed by atoms with Gasteiger partial charge in [0.15, 0.2) is 10.8 Å². The molecule has 0 saturated heterocycles. The van der Waals surface area contributed by atoms with Gasteiger partial charge in [0, 0.05) is 28.4 Å². The lowest BCUT2D eigenvalue weighted by molar-refractivity contribution is -0.116. The number of nitrogens with one attached hydrogen (secondary N) is 3. The number of nitrogens with zero attached hydrogens (tertiary/aromatic N) is 3. The average molecular weight is 558 g/mol. The second kappa shape index (κ2) is 11.9. The van der Waals surface area contributed by atoms with E-state index in [9.17, 15) is 4.79 Å². The van der Waals surface area contributed by atoms with E-state index in [0.717, 1.165) is 6.42 Å². The van der Waals surface area contributed by atoms with Gasteiger partial charge < -0.3 is 15.1 Å². The van der Waals surface area contributed by atoms with Crippen molar-refractivity contribution in [1.29, 1.82) is 0 Å². The molecule has 11 heteroatoms. The molecule has 0 bridgehead atoms. The van der Waals surface area contributed by atoms with Crippen molar-refractivity contribution in [3.8, 4) is 0 Å². The third kappa shape index (κ3) is 6.36. The number of para-hydroxylation sites is 2. The number of thioether (sulfide) groups is 1. The molecule has 0 aliphatic carbocycles. The quantitative estimate of drug-likeness (QED) is 0.239. The highest BCUT2D eigenvalue weighted by molar-refractivity contribution is 8.16. The first kappa shape index (κ1) is 26.8. The van der Waals surface area contributed by atoms with Gasteiger partial charge in [-0.1, -0.05) is 59.6 Å². The lowest BCUT2D eigenvalue weighted by Gasteiger charge is -2.27. The van der Waals surface area contributed by atoms with Crippen molar-refractivity contribution in [3.05, 3.63) is 80.3 Å². The monoisotopic (exact) mass is 556 g/mol. The summed E-state index contributed by atoms with van der Waals surface area (Å²) >= 11 is 14.2. The predicted molar refractivity (Wildman–Crippen MR) is 153 cm³/mol. The van der Waals surface area contributed by atoms with Crippen molar-refractivity contribution in [3.63, 3.8) is 0 Å². The van der Waals surface area contributed by atoms with E-state index in [1.54, 1.807) is 32.2 Å². The molecule has 1 aliphatic heterocycles. The number of amidine groups is 1. The Labute approximate surface area is 229 Å². The van der Waals surface area contributed by atoms with Crippen LogP contribution in [0.4, 0.5) is 6.01 Å². The molecule has 3 aromatic rings. The molecule has 1 amide bonds. The summed E-state index contributed by atoms with van der Waals surface area (Å²) in [6, 6.07) is 12.0. The number of halogens is 2. The number of benzene rings is 2. The average Bonchev–Trinajstić information content (AvgIpc) is 3.29. The van der Waals surface area contributed by atoms with Crippen LogP contribution < -0.4 is 16.0 Å². The molecule has 8 nitrogen and oxygen atoms in total. The van der Waals surface area contributed by atoms with Crippen LogP contribution in [0.15, 0.2) is 79.1 Å². The van der Waals surface area contributed by atoms with Crippen LogP contribution in [-0.4, -0.2) is 29.1 Å². The molecule has 37 heavy (non-hydrogen) atoms. The summed E-state index contributed by atoms with van der Waals surface area (Å²) in [4.78, 5) is 27.0. The Kier molecular flexibility index (Phi) is 8.58. The molecule has 3 N–H and O–H groups in total. The zero-order valence-electron chi connectivity index (χ0n) is 20.7. The molecule has 4 rings (SSSR count). The fourth-order valence-electron chi connectivity index (χ4n) is 3.55. The fraction of sp³-hybridized carbons (Fsp3) is 0.231. The first-order valence-corrected chi connectivity index (χ1v) is 13.2. The Morgan fingerprint density at radius 1 is 1.27 bits per heavy atom. The minimum Gasteiger partial charge on any atom is -0.423 e. The third-order valence-corrected chi connectivity index (χ3v) is 7.22. The Bertz CT molecular complexity index is 1430. The van der Waals surface area contributed by atoms with Gasteiger partial charge in [-0.3, -0.25) is 15.1 Å². The summed E-state index contributed by atoms with van der Waals surface area (Å²) < 4.78 is 5.78. The number of fused-ring (bicyclic) bond motifs is 1. The van der Waals surface area contributed by atoms with Gasteiger partial charge in [0.1, 0.15) is 11.6 Å². The summed E-state index contributed by atoms with van der Waals surface area (Å²) in [5.41, 5.74) is 4.07. The molecule has 1 atom stereocenters. The van der Waals surface area contributed by atoms with Gasteiger partial charge in [0.05, 0.1) is 5.57 Å². The smallest absolute Gasteiger partial charge is 0.302 e. The lowest BCUT2D eigenvalue weighted by Crippen LogP contribution is -2.40. The van der Waals surface area contributed by atoms with Crippen LogP contribution >= 0.6 is 35.0 Å². The Balaban J connectivity index is 1.67. The number of aliphatic imine (C=N–C) groups is 2. The van der Waals surface area contributed by atoms with Gasteiger partial charge in [-0.05, 0) is 56.0 Å². The van der Waals surface area contributed by atoms with Crippen molar-refractivity contribution in [1.82, 2.24) is 15.6 Å². The summed E-state index contributed by atoms with van der Waals surface area (Å²) in [5, 5.41) is 12.5. The maximum absolute atomic E-state index is 13.5. The van der Waals surface area contributed by atoms with Crippen LogP contribution in [0.5, 0.6) is 0 Å². The summed E-state index contributed by atoms with van der Waals surface area (Å²) in [6.45, 7) is 5.89. The largest absolute Gasteiger partial charge is 0.423 e. The van der Waals surface area contributed by atoms with E-state index in [1.165, 1.54) is 17.3 Å². The topological polar surface area (TPSA) is 104 Å². The molecule has 1 unspecified atom stereocenters. The highest BCUT2D eigenvalue weighted by atomic mass is 35.5. The highest BCUT2D eigenvalue weighted by Gasteiger charge is 2.32. The highest BCUT2D eigenvalue weighted by Crippen LogP contribution is 2.36. The van der Waals surface area contributed by atoms with Gasteiger partial charge in [0.2, 0.25) is 5.96 Å². The van der Waals surface area contributed by atoms with Crippen LogP contribution in [0, 0.1) is 0 Å². The first-order valence-electron chi connectivity index (χ1n) is 11.5. The molecule has 192 valence electrons. The molecule has 2 aromatic carbocycles. The summed E-state index contributed by atoms with van der Waals surface area (Å²) in [5.74, 6) is -0.00624. The molecule has 2 heterocycles. The second-order valence-electron chi connectivity index (χ2n) is 8.24. The molecule has 0 spiro atoms. The molecular formula is C26H26Cl2N6O2S. The van der Waals surface area contributed by atoms with Crippen LogP contribution in [0.25, 0.3) is 11.1 Å². The number of guanidine groups is 1. The van der Waals surface area contributed by atoms with Crippen LogP contribution in [0.3, 0.4) is 0 Å². The molecule has 1 aromatic heterocycles. The lowest BCUT2D eigenvalue weighted by atomic mass is 9.95. The molecular weight excluding hydrogens is 531 g/mol. The van der Waals surface area contributed by atoms with Crippen molar-refractivity contribution in [2.45, 2.75) is 33.2 Å². The third-order valence-electron chi connectivity index (χ3n) is 5.61. The number of rotatable bonds is 5. The van der Waals surface area contributed by atoms with Crippen molar-refractivity contribution < 1.29 is 9.21 Å². The number of allylic oxidation sites excluding steroid dienone is 2. The van der Waals surface area contributed by atoms with Crippen molar-refractivity contribution in [2.24, 2.45) is 9.98 Å². The second-order valence-corrected chi connectivity index (χ2v) is 9.94. The summed E-state index contributed by atoms with van der Waals surface area (Å²) in [6.07, 6.45) is 0.909. The SMILES string of the molecule is CCC(C)=CSC(=NC)NC(=O)C1=C(C)NC(Nc2nc3ccccc3o2)=NC1c1cc(Cl)ccc1Cl. The number of carbonyl (C=O) groups excluding carboxylic acids is 1. The number of hydrogen-bond donors (Lipinski definition) is 3. The molecule has 1 aliphatic rings. The minimum atomic E-state index is -0.754. The van der Waals surface area contributed by atoms with E-state index >= 15 is 0 Å².